The molecular formula is C18H27N. The van der Waals surface area contributed by atoms with Crippen LogP contribution in [0.5, 0.6) is 0 Å². The highest BCUT2D eigenvalue weighted by Gasteiger charge is 2.09. The molecule has 1 atom stereocenters. The predicted octanol–water partition coefficient (Wildman–Crippen LogP) is 5.63. The smallest absolute Gasteiger partial charge is 0.0745 e. The molecule has 0 bridgehead atoms. The molecule has 1 aliphatic heterocycles. The Balaban J connectivity index is 2.03. The van der Waals surface area contributed by atoms with E-state index in [9.17, 15) is 0 Å². The monoisotopic (exact) mass is 257 g/mol. The third-order valence-electron chi connectivity index (χ3n) is 4.02. The molecule has 1 aliphatic rings. The molecule has 2 rings (SSSR count). The molecule has 0 saturated heterocycles. The zero-order valence-electron chi connectivity index (χ0n) is 12.3. The highest BCUT2D eigenvalue weighted by molar-refractivity contribution is 5.57. The minimum atomic E-state index is 0.388. The number of rotatable bonds is 1. The first kappa shape index (κ1) is 14.3. The molecule has 1 nitrogen and oxygen atoms in total. The van der Waals surface area contributed by atoms with E-state index < -0.39 is 0 Å². The van der Waals surface area contributed by atoms with Gasteiger partial charge in [0.1, 0.15) is 0 Å². The molecule has 0 fully saturated rings. The normalized spacial score (nSPS) is 22.5. The standard InChI is InChI=1S/C18H27N/c1-16-11-10-12-17(15-16)18-13-8-6-4-2-3-5-7-9-14-19-18/h10-12,14-15,18H,2-9,13H2,1H3. The van der Waals surface area contributed by atoms with Gasteiger partial charge in [0, 0.05) is 0 Å². The van der Waals surface area contributed by atoms with E-state index >= 15 is 0 Å². The van der Waals surface area contributed by atoms with Crippen LogP contribution in [0.3, 0.4) is 0 Å². The fourth-order valence-corrected chi connectivity index (χ4v) is 2.86. The average molecular weight is 257 g/mol. The van der Waals surface area contributed by atoms with Gasteiger partial charge in [0.2, 0.25) is 0 Å². The number of aryl methyl sites for hydroxylation is 1. The molecule has 1 unspecified atom stereocenters. The van der Waals surface area contributed by atoms with E-state index in [0.717, 1.165) is 6.42 Å². The van der Waals surface area contributed by atoms with E-state index in [-0.39, 0.29) is 0 Å². The van der Waals surface area contributed by atoms with Gasteiger partial charge in [-0.2, -0.15) is 0 Å². The van der Waals surface area contributed by atoms with Crippen molar-refractivity contribution in [3.05, 3.63) is 35.4 Å². The quantitative estimate of drug-likeness (QED) is 0.618. The summed E-state index contributed by atoms with van der Waals surface area (Å²) in [5.74, 6) is 0. The Hall–Kier alpha value is -1.11. The van der Waals surface area contributed by atoms with Crippen molar-refractivity contribution in [1.82, 2.24) is 0 Å². The molecular weight excluding hydrogens is 230 g/mol. The third-order valence-corrected chi connectivity index (χ3v) is 4.02. The lowest BCUT2D eigenvalue weighted by Gasteiger charge is -2.14. The summed E-state index contributed by atoms with van der Waals surface area (Å²) in [5, 5.41) is 0. The van der Waals surface area contributed by atoms with Crippen molar-refractivity contribution >= 4 is 6.21 Å². The second-order valence-corrected chi connectivity index (χ2v) is 5.81. The van der Waals surface area contributed by atoms with Crippen LogP contribution in [-0.4, -0.2) is 6.21 Å². The molecule has 1 aromatic carbocycles. The lowest BCUT2D eigenvalue weighted by molar-refractivity contribution is 0.535. The molecule has 0 saturated carbocycles. The van der Waals surface area contributed by atoms with E-state index in [1.165, 1.54) is 62.5 Å². The maximum atomic E-state index is 4.84. The van der Waals surface area contributed by atoms with Crippen LogP contribution >= 0.6 is 0 Å². The molecule has 19 heavy (non-hydrogen) atoms. The van der Waals surface area contributed by atoms with Gasteiger partial charge in [-0.25, -0.2) is 0 Å². The predicted molar refractivity (Wildman–Crippen MR) is 84.0 cm³/mol. The summed E-state index contributed by atoms with van der Waals surface area (Å²) in [4.78, 5) is 4.84. The Morgan fingerprint density at radius 2 is 1.68 bits per heavy atom. The molecule has 1 heterocycles. The second-order valence-electron chi connectivity index (χ2n) is 5.81. The van der Waals surface area contributed by atoms with Gasteiger partial charge in [0.05, 0.1) is 6.04 Å². The van der Waals surface area contributed by atoms with Gasteiger partial charge < -0.3 is 0 Å². The Morgan fingerprint density at radius 1 is 0.947 bits per heavy atom. The zero-order chi connectivity index (χ0) is 13.3. The Labute approximate surface area is 118 Å². The minimum Gasteiger partial charge on any atom is -0.289 e. The summed E-state index contributed by atoms with van der Waals surface area (Å²) >= 11 is 0. The Kier molecular flexibility index (Phi) is 6.13. The van der Waals surface area contributed by atoms with Crippen LogP contribution in [0, 0.1) is 6.92 Å². The maximum Gasteiger partial charge on any atom is 0.0745 e. The van der Waals surface area contributed by atoms with Gasteiger partial charge in [-0.1, -0.05) is 68.4 Å². The fraction of sp³-hybridized carbons (Fsp3) is 0.611. The molecule has 0 radical (unpaired) electrons. The van der Waals surface area contributed by atoms with Crippen LogP contribution in [0.15, 0.2) is 29.3 Å². The van der Waals surface area contributed by atoms with E-state index in [2.05, 4.69) is 37.4 Å². The third kappa shape index (κ3) is 5.18. The lowest BCUT2D eigenvalue weighted by Crippen LogP contribution is -1.98. The summed E-state index contributed by atoms with van der Waals surface area (Å²) in [5.41, 5.74) is 2.74. The first-order chi connectivity index (χ1) is 9.36. The van der Waals surface area contributed by atoms with Gasteiger partial charge in [-0.3, -0.25) is 4.99 Å². The first-order valence-corrected chi connectivity index (χ1v) is 7.94. The van der Waals surface area contributed by atoms with Gasteiger partial charge in [-0.15, -0.1) is 0 Å². The average Bonchev–Trinajstić information content (AvgIpc) is 2.39. The maximum absolute atomic E-state index is 4.84. The van der Waals surface area contributed by atoms with Gasteiger partial charge >= 0.3 is 0 Å². The molecule has 1 aromatic rings. The van der Waals surface area contributed by atoms with Crippen molar-refractivity contribution in [2.75, 3.05) is 0 Å². The van der Waals surface area contributed by atoms with Gasteiger partial charge in [0.25, 0.3) is 0 Å². The Bertz CT molecular complexity index is 394. The van der Waals surface area contributed by atoms with Crippen molar-refractivity contribution in [3.63, 3.8) is 0 Å². The summed E-state index contributed by atoms with van der Waals surface area (Å²) in [6.45, 7) is 2.17. The SMILES string of the molecule is Cc1cccc(C2CCCCCCCCCC=N2)c1. The molecule has 0 amide bonds. The number of nitrogens with zero attached hydrogens (tertiary/aromatic N) is 1. The topological polar surface area (TPSA) is 12.4 Å². The number of hydrogen-bond acceptors (Lipinski definition) is 1. The molecule has 0 aromatic heterocycles. The molecule has 104 valence electrons. The second kappa shape index (κ2) is 8.14. The van der Waals surface area contributed by atoms with E-state index in [1.54, 1.807) is 0 Å². The Morgan fingerprint density at radius 3 is 2.47 bits per heavy atom. The number of benzene rings is 1. The molecule has 0 aliphatic carbocycles. The van der Waals surface area contributed by atoms with Crippen molar-refractivity contribution in [2.24, 2.45) is 4.99 Å². The van der Waals surface area contributed by atoms with E-state index in [4.69, 9.17) is 4.99 Å². The summed E-state index contributed by atoms with van der Waals surface area (Å²) in [6.07, 6.45) is 14.2. The van der Waals surface area contributed by atoms with E-state index in [1.807, 2.05) is 0 Å². The van der Waals surface area contributed by atoms with Crippen LogP contribution < -0.4 is 0 Å². The largest absolute Gasteiger partial charge is 0.289 e. The van der Waals surface area contributed by atoms with Crippen molar-refractivity contribution in [1.29, 1.82) is 0 Å². The van der Waals surface area contributed by atoms with Gasteiger partial charge in [-0.05, 0) is 38.0 Å². The highest BCUT2D eigenvalue weighted by Crippen LogP contribution is 2.25. The van der Waals surface area contributed by atoms with Gasteiger partial charge in [0.15, 0.2) is 0 Å². The summed E-state index contributed by atoms with van der Waals surface area (Å²) < 4.78 is 0. The van der Waals surface area contributed by atoms with E-state index in [0.29, 0.717) is 6.04 Å². The van der Waals surface area contributed by atoms with Crippen LogP contribution in [0.25, 0.3) is 0 Å². The lowest BCUT2D eigenvalue weighted by atomic mass is 9.98. The minimum absolute atomic E-state index is 0.388. The molecule has 0 N–H and O–H groups in total. The number of aliphatic imine (C=N–C) groups is 1. The van der Waals surface area contributed by atoms with Crippen molar-refractivity contribution in [3.8, 4) is 0 Å². The number of hydrogen-bond donors (Lipinski definition) is 0. The van der Waals surface area contributed by atoms with Crippen molar-refractivity contribution in [2.45, 2.75) is 70.8 Å². The van der Waals surface area contributed by atoms with Crippen LogP contribution in [-0.2, 0) is 0 Å². The fourth-order valence-electron chi connectivity index (χ4n) is 2.86. The summed E-state index contributed by atoms with van der Waals surface area (Å²) in [6, 6.07) is 9.26. The van der Waals surface area contributed by atoms with Crippen LogP contribution in [0.4, 0.5) is 0 Å². The van der Waals surface area contributed by atoms with Crippen LogP contribution in [0.2, 0.25) is 0 Å². The van der Waals surface area contributed by atoms with Crippen LogP contribution in [0.1, 0.15) is 75.0 Å². The first-order valence-electron chi connectivity index (χ1n) is 7.94. The summed E-state index contributed by atoms with van der Waals surface area (Å²) in [7, 11) is 0. The highest BCUT2D eigenvalue weighted by atomic mass is 14.8. The molecule has 1 heteroatoms. The zero-order valence-corrected chi connectivity index (χ0v) is 12.3. The van der Waals surface area contributed by atoms with Crippen molar-refractivity contribution < 1.29 is 0 Å². The molecule has 0 spiro atoms.